The van der Waals surface area contributed by atoms with Crippen LogP contribution in [0.1, 0.15) is 21.9 Å². The quantitative estimate of drug-likeness (QED) is 0.341. The molecule has 0 bridgehead atoms. The van der Waals surface area contributed by atoms with E-state index in [1.54, 1.807) is 35.2 Å². The first-order chi connectivity index (χ1) is 15.9. The standard InChI is InChI=1S/C23H21Cl2N3O5/c24-17-6-5-16(19(25)13-17)14-26-9-11-27(12-10-26)23(29)22-8-7-18(33-22)15-32-21-4-2-1-3-20(21)28(30)31/h1-8,13H,9-12,14-15H2. The number of hydrogen-bond donors (Lipinski definition) is 0. The Hall–Kier alpha value is -3.07. The molecule has 0 radical (unpaired) electrons. The Kier molecular flexibility index (Phi) is 7.17. The molecule has 0 aliphatic carbocycles. The third kappa shape index (κ3) is 5.65. The van der Waals surface area contributed by atoms with Gasteiger partial charge in [0.1, 0.15) is 12.4 Å². The number of carbonyl (C=O) groups excluding carboxylic acids is 1. The number of furan rings is 1. The van der Waals surface area contributed by atoms with Crippen LogP contribution in [0.2, 0.25) is 10.0 Å². The minimum Gasteiger partial charge on any atom is -0.479 e. The summed E-state index contributed by atoms with van der Waals surface area (Å²) in [5.41, 5.74) is 0.869. The molecule has 1 fully saturated rings. The predicted molar refractivity (Wildman–Crippen MR) is 124 cm³/mol. The lowest BCUT2D eigenvalue weighted by Gasteiger charge is -2.34. The van der Waals surface area contributed by atoms with E-state index in [0.29, 0.717) is 48.5 Å². The van der Waals surface area contributed by atoms with Crippen LogP contribution in [0.15, 0.2) is 59.0 Å². The molecule has 172 valence electrons. The molecule has 0 spiro atoms. The van der Waals surface area contributed by atoms with Crippen molar-refractivity contribution in [3.8, 4) is 5.75 Å². The van der Waals surface area contributed by atoms with Crippen molar-refractivity contribution in [2.75, 3.05) is 26.2 Å². The van der Waals surface area contributed by atoms with Crippen LogP contribution in [0.5, 0.6) is 5.75 Å². The number of nitro groups is 1. The first kappa shape index (κ1) is 23.1. The number of halogens is 2. The molecular formula is C23H21Cl2N3O5. The van der Waals surface area contributed by atoms with Gasteiger partial charge >= 0.3 is 5.69 Å². The summed E-state index contributed by atoms with van der Waals surface area (Å²) < 4.78 is 11.2. The fourth-order valence-electron chi connectivity index (χ4n) is 3.61. The molecule has 3 aromatic rings. The number of ether oxygens (including phenoxy) is 1. The van der Waals surface area contributed by atoms with E-state index in [1.807, 2.05) is 12.1 Å². The Morgan fingerprint density at radius 1 is 1.06 bits per heavy atom. The molecule has 1 amide bonds. The predicted octanol–water partition coefficient (Wildman–Crippen LogP) is 5.03. The molecule has 2 aromatic carbocycles. The summed E-state index contributed by atoms with van der Waals surface area (Å²) in [5, 5.41) is 12.3. The number of rotatable bonds is 7. The van der Waals surface area contributed by atoms with Crippen molar-refractivity contribution >= 4 is 34.8 Å². The van der Waals surface area contributed by atoms with Crippen LogP contribution in [-0.4, -0.2) is 46.8 Å². The largest absolute Gasteiger partial charge is 0.479 e. The highest BCUT2D eigenvalue weighted by molar-refractivity contribution is 6.35. The second-order valence-corrected chi connectivity index (χ2v) is 8.43. The van der Waals surface area contributed by atoms with Gasteiger partial charge in [0.2, 0.25) is 0 Å². The van der Waals surface area contributed by atoms with Crippen LogP contribution in [-0.2, 0) is 13.2 Å². The summed E-state index contributed by atoms with van der Waals surface area (Å²) in [7, 11) is 0. The molecule has 0 N–H and O–H groups in total. The molecule has 8 nitrogen and oxygen atoms in total. The molecule has 0 atom stereocenters. The number of carbonyl (C=O) groups is 1. The van der Waals surface area contributed by atoms with Gasteiger partial charge in [-0.05, 0) is 35.9 Å². The van der Waals surface area contributed by atoms with Crippen LogP contribution >= 0.6 is 23.2 Å². The number of piperazine rings is 1. The molecule has 1 aliphatic rings. The number of amides is 1. The molecule has 1 aliphatic heterocycles. The highest BCUT2D eigenvalue weighted by Crippen LogP contribution is 2.27. The molecule has 1 saturated heterocycles. The summed E-state index contributed by atoms with van der Waals surface area (Å²) in [6.07, 6.45) is 0. The van der Waals surface area contributed by atoms with Crippen molar-refractivity contribution < 1.29 is 18.9 Å². The summed E-state index contributed by atoms with van der Waals surface area (Å²) in [5.74, 6) is 0.567. The zero-order chi connectivity index (χ0) is 23.4. The second kappa shape index (κ2) is 10.2. The fourth-order valence-corrected chi connectivity index (χ4v) is 4.07. The number of nitrogens with zero attached hydrogens (tertiary/aromatic N) is 3. The van der Waals surface area contributed by atoms with Gasteiger partial charge in [-0.15, -0.1) is 0 Å². The fraction of sp³-hybridized carbons (Fsp3) is 0.261. The monoisotopic (exact) mass is 489 g/mol. The maximum Gasteiger partial charge on any atom is 0.310 e. The Labute approximate surface area is 200 Å². The van der Waals surface area contributed by atoms with E-state index in [2.05, 4.69) is 4.90 Å². The van der Waals surface area contributed by atoms with E-state index >= 15 is 0 Å². The van der Waals surface area contributed by atoms with E-state index in [1.165, 1.54) is 12.1 Å². The van der Waals surface area contributed by atoms with Gasteiger partial charge in [0.25, 0.3) is 5.91 Å². The van der Waals surface area contributed by atoms with Crippen molar-refractivity contribution in [2.24, 2.45) is 0 Å². The summed E-state index contributed by atoms with van der Waals surface area (Å²) in [4.78, 5) is 27.4. The third-order valence-corrected chi connectivity index (χ3v) is 5.96. The Bertz CT molecular complexity index is 1160. The van der Waals surface area contributed by atoms with Gasteiger partial charge in [-0.2, -0.15) is 0 Å². The SMILES string of the molecule is O=C(c1ccc(COc2ccccc2[N+](=O)[O-])o1)N1CCN(Cc2ccc(Cl)cc2Cl)CC1. The van der Waals surface area contributed by atoms with Crippen LogP contribution < -0.4 is 4.74 Å². The zero-order valence-corrected chi connectivity index (χ0v) is 19.1. The molecule has 0 unspecified atom stereocenters. The Morgan fingerprint density at radius 2 is 1.82 bits per heavy atom. The molecule has 0 saturated carbocycles. The summed E-state index contributed by atoms with van der Waals surface area (Å²) >= 11 is 12.2. The summed E-state index contributed by atoms with van der Waals surface area (Å²) in [6.45, 7) is 3.21. The molecule has 33 heavy (non-hydrogen) atoms. The van der Waals surface area contributed by atoms with E-state index in [4.69, 9.17) is 32.4 Å². The molecule has 2 heterocycles. The van der Waals surface area contributed by atoms with Gasteiger partial charge in [-0.3, -0.25) is 19.8 Å². The number of para-hydroxylation sites is 2. The van der Waals surface area contributed by atoms with Crippen LogP contribution in [0, 0.1) is 10.1 Å². The highest BCUT2D eigenvalue weighted by Gasteiger charge is 2.25. The van der Waals surface area contributed by atoms with Crippen LogP contribution in [0.3, 0.4) is 0 Å². The van der Waals surface area contributed by atoms with Gasteiger partial charge in [0.05, 0.1) is 4.92 Å². The van der Waals surface area contributed by atoms with Gasteiger partial charge in [-0.1, -0.05) is 41.4 Å². The van der Waals surface area contributed by atoms with Gasteiger partial charge in [0, 0.05) is 48.8 Å². The second-order valence-electron chi connectivity index (χ2n) is 7.58. The maximum absolute atomic E-state index is 12.8. The minimum absolute atomic E-state index is 0.0201. The van der Waals surface area contributed by atoms with Crippen molar-refractivity contribution in [2.45, 2.75) is 13.2 Å². The van der Waals surface area contributed by atoms with E-state index in [0.717, 1.165) is 5.56 Å². The van der Waals surface area contributed by atoms with Gasteiger partial charge in [-0.25, -0.2) is 0 Å². The molecular weight excluding hydrogens is 469 g/mol. The number of hydrogen-bond acceptors (Lipinski definition) is 6. The zero-order valence-electron chi connectivity index (χ0n) is 17.6. The van der Waals surface area contributed by atoms with E-state index in [-0.39, 0.29) is 29.7 Å². The average Bonchev–Trinajstić information content (AvgIpc) is 3.29. The lowest BCUT2D eigenvalue weighted by Crippen LogP contribution is -2.48. The smallest absolute Gasteiger partial charge is 0.310 e. The molecule has 10 heteroatoms. The van der Waals surface area contributed by atoms with Crippen molar-refractivity contribution in [1.29, 1.82) is 0 Å². The first-order valence-electron chi connectivity index (χ1n) is 10.3. The summed E-state index contributed by atoms with van der Waals surface area (Å²) in [6, 6.07) is 14.8. The van der Waals surface area contributed by atoms with Crippen LogP contribution in [0.4, 0.5) is 5.69 Å². The molecule has 4 rings (SSSR count). The normalized spacial score (nSPS) is 14.3. The lowest BCUT2D eigenvalue weighted by molar-refractivity contribution is -0.386. The topological polar surface area (TPSA) is 89.1 Å². The van der Waals surface area contributed by atoms with E-state index in [9.17, 15) is 14.9 Å². The van der Waals surface area contributed by atoms with Gasteiger partial charge < -0.3 is 14.1 Å². The first-order valence-corrected chi connectivity index (χ1v) is 11.1. The number of nitro benzene ring substituents is 1. The van der Waals surface area contributed by atoms with Crippen LogP contribution in [0.25, 0.3) is 0 Å². The van der Waals surface area contributed by atoms with E-state index < -0.39 is 4.92 Å². The maximum atomic E-state index is 12.8. The van der Waals surface area contributed by atoms with Gasteiger partial charge in [0.15, 0.2) is 11.5 Å². The molecule has 1 aromatic heterocycles. The van der Waals surface area contributed by atoms with Crippen molar-refractivity contribution in [3.63, 3.8) is 0 Å². The van der Waals surface area contributed by atoms with Crippen molar-refractivity contribution in [1.82, 2.24) is 9.80 Å². The third-order valence-electron chi connectivity index (χ3n) is 5.37. The highest BCUT2D eigenvalue weighted by atomic mass is 35.5. The minimum atomic E-state index is -0.507. The Morgan fingerprint density at radius 3 is 2.55 bits per heavy atom. The van der Waals surface area contributed by atoms with Crippen molar-refractivity contribution in [3.05, 3.63) is 91.8 Å². The number of benzene rings is 2. The lowest BCUT2D eigenvalue weighted by atomic mass is 10.2. The Balaban J connectivity index is 1.30. The average molecular weight is 490 g/mol.